The minimum absolute atomic E-state index is 0.0246. The van der Waals surface area contributed by atoms with Crippen molar-refractivity contribution in [3.05, 3.63) is 46.8 Å². The summed E-state index contributed by atoms with van der Waals surface area (Å²) in [7, 11) is -3.80. The lowest BCUT2D eigenvalue weighted by Gasteiger charge is -2.12. The predicted molar refractivity (Wildman–Crippen MR) is 75.5 cm³/mol. The number of carbonyl (C=O) groups is 1. The zero-order valence-corrected chi connectivity index (χ0v) is 12.4. The molecule has 1 aromatic heterocycles. The van der Waals surface area contributed by atoms with E-state index >= 15 is 0 Å². The van der Waals surface area contributed by atoms with Gasteiger partial charge in [-0.05, 0) is 37.1 Å². The fraction of sp³-hybridized carbons (Fsp3) is 0.231. The minimum atomic E-state index is -3.80. The monoisotopic (exact) mass is 309 g/mol. The molecule has 112 valence electrons. The molecular formula is C13H15N3O4S. The van der Waals surface area contributed by atoms with Gasteiger partial charge in [0, 0.05) is 18.3 Å². The van der Waals surface area contributed by atoms with Crippen LogP contribution in [0.5, 0.6) is 0 Å². The van der Waals surface area contributed by atoms with Gasteiger partial charge in [-0.15, -0.1) is 0 Å². The van der Waals surface area contributed by atoms with E-state index < -0.39 is 16.0 Å². The molecular weight excluding hydrogens is 294 g/mol. The van der Waals surface area contributed by atoms with Gasteiger partial charge in [-0.2, -0.15) is 5.10 Å². The van der Waals surface area contributed by atoms with Gasteiger partial charge < -0.3 is 5.11 Å². The number of carboxylic acids is 1. The maximum Gasteiger partial charge on any atom is 0.335 e. The number of nitrogens with one attached hydrogen (secondary N) is 2. The maximum absolute atomic E-state index is 12.3. The van der Waals surface area contributed by atoms with Gasteiger partial charge in [0.1, 0.15) is 0 Å². The summed E-state index contributed by atoms with van der Waals surface area (Å²) < 4.78 is 27.1. The highest BCUT2D eigenvalue weighted by Crippen LogP contribution is 2.21. The SMILES string of the molecule is Cc1cc(C(=O)O)cc(S(=O)(=O)NCc2cn[nH]c2)c1C. The summed E-state index contributed by atoms with van der Waals surface area (Å²) >= 11 is 0. The third kappa shape index (κ3) is 3.29. The third-order valence-electron chi connectivity index (χ3n) is 3.18. The van der Waals surface area contributed by atoms with E-state index in [0.29, 0.717) is 16.7 Å². The molecule has 0 bridgehead atoms. The third-order valence-corrected chi connectivity index (χ3v) is 4.70. The van der Waals surface area contributed by atoms with Crippen molar-refractivity contribution in [2.75, 3.05) is 0 Å². The fourth-order valence-electron chi connectivity index (χ4n) is 1.86. The van der Waals surface area contributed by atoms with E-state index in [0.717, 1.165) is 0 Å². The van der Waals surface area contributed by atoms with Crippen molar-refractivity contribution in [3.63, 3.8) is 0 Å². The molecule has 2 rings (SSSR count). The molecule has 1 aromatic carbocycles. The van der Waals surface area contributed by atoms with Crippen molar-refractivity contribution in [2.24, 2.45) is 0 Å². The van der Waals surface area contributed by atoms with Gasteiger partial charge in [-0.3, -0.25) is 5.10 Å². The van der Waals surface area contributed by atoms with Crippen LogP contribution in [-0.4, -0.2) is 29.7 Å². The van der Waals surface area contributed by atoms with Gasteiger partial charge in [0.05, 0.1) is 16.7 Å². The summed E-state index contributed by atoms with van der Waals surface area (Å²) in [6.45, 7) is 3.40. The lowest BCUT2D eigenvalue weighted by molar-refractivity contribution is 0.0696. The lowest BCUT2D eigenvalue weighted by atomic mass is 10.1. The molecule has 2 aromatic rings. The van der Waals surface area contributed by atoms with Crippen LogP contribution in [0.1, 0.15) is 27.0 Å². The molecule has 7 nitrogen and oxygen atoms in total. The Bertz CT molecular complexity index is 767. The number of sulfonamides is 1. The first-order chi connectivity index (χ1) is 9.81. The number of aryl methyl sites for hydroxylation is 1. The summed E-state index contributed by atoms with van der Waals surface area (Å²) in [4.78, 5) is 11.0. The highest BCUT2D eigenvalue weighted by atomic mass is 32.2. The van der Waals surface area contributed by atoms with Gasteiger partial charge in [0.15, 0.2) is 0 Å². The van der Waals surface area contributed by atoms with Gasteiger partial charge >= 0.3 is 5.97 Å². The average molecular weight is 309 g/mol. The van der Waals surface area contributed by atoms with Crippen molar-refractivity contribution in [3.8, 4) is 0 Å². The fourth-order valence-corrected chi connectivity index (χ4v) is 3.22. The normalized spacial score (nSPS) is 11.5. The van der Waals surface area contributed by atoms with E-state index in [9.17, 15) is 13.2 Å². The molecule has 0 fully saturated rings. The summed E-state index contributed by atoms with van der Waals surface area (Å²) in [5, 5.41) is 15.4. The van der Waals surface area contributed by atoms with E-state index in [1.807, 2.05) is 0 Å². The number of hydrogen-bond donors (Lipinski definition) is 3. The van der Waals surface area contributed by atoms with E-state index in [-0.39, 0.29) is 17.0 Å². The number of benzene rings is 1. The smallest absolute Gasteiger partial charge is 0.335 e. The zero-order valence-electron chi connectivity index (χ0n) is 11.5. The van der Waals surface area contributed by atoms with Crippen LogP contribution in [0, 0.1) is 13.8 Å². The molecule has 1 heterocycles. The summed E-state index contributed by atoms with van der Waals surface area (Å²) in [6, 6.07) is 2.62. The van der Waals surface area contributed by atoms with Crippen LogP contribution in [0.25, 0.3) is 0 Å². The molecule has 0 atom stereocenters. The predicted octanol–water partition coefficient (Wildman–Crippen LogP) is 1.20. The molecule has 0 radical (unpaired) electrons. The minimum Gasteiger partial charge on any atom is -0.478 e. The van der Waals surface area contributed by atoms with Gasteiger partial charge in [-0.25, -0.2) is 17.9 Å². The molecule has 0 unspecified atom stereocenters. The Kier molecular flexibility index (Phi) is 4.10. The Morgan fingerprint density at radius 1 is 1.38 bits per heavy atom. The molecule has 0 aliphatic rings. The number of rotatable bonds is 5. The van der Waals surface area contributed by atoms with Crippen LogP contribution < -0.4 is 4.72 Å². The molecule has 8 heteroatoms. The second-order valence-electron chi connectivity index (χ2n) is 4.65. The quantitative estimate of drug-likeness (QED) is 0.768. The van der Waals surface area contributed by atoms with E-state index in [2.05, 4.69) is 14.9 Å². The Morgan fingerprint density at radius 3 is 2.67 bits per heavy atom. The van der Waals surface area contributed by atoms with Crippen LogP contribution in [0.4, 0.5) is 0 Å². The van der Waals surface area contributed by atoms with Crippen LogP contribution >= 0.6 is 0 Å². The molecule has 0 amide bonds. The van der Waals surface area contributed by atoms with Crippen LogP contribution in [0.15, 0.2) is 29.4 Å². The van der Waals surface area contributed by atoms with Gasteiger partial charge in [0.2, 0.25) is 10.0 Å². The van der Waals surface area contributed by atoms with Crippen molar-refractivity contribution in [1.29, 1.82) is 0 Å². The Labute approximate surface area is 122 Å². The number of nitrogens with zero attached hydrogens (tertiary/aromatic N) is 1. The van der Waals surface area contributed by atoms with Gasteiger partial charge in [-0.1, -0.05) is 0 Å². The first-order valence-electron chi connectivity index (χ1n) is 6.13. The van der Waals surface area contributed by atoms with Crippen LogP contribution in [-0.2, 0) is 16.6 Å². The van der Waals surface area contributed by atoms with E-state index in [4.69, 9.17) is 5.11 Å². The molecule has 0 aliphatic carbocycles. The molecule has 0 spiro atoms. The Hall–Kier alpha value is -2.19. The summed E-state index contributed by atoms with van der Waals surface area (Å²) in [5.41, 5.74) is 1.77. The number of aromatic nitrogens is 2. The Morgan fingerprint density at radius 2 is 2.10 bits per heavy atom. The first kappa shape index (κ1) is 15.2. The summed E-state index contributed by atoms with van der Waals surface area (Å²) in [5.74, 6) is -1.16. The second-order valence-corrected chi connectivity index (χ2v) is 6.39. The topological polar surface area (TPSA) is 112 Å². The number of hydrogen-bond acceptors (Lipinski definition) is 4. The zero-order chi connectivity index (χ0) is 15.6. The van der Waals surface area contributed by atoms with Crippen molar-refractivity contribution >= 4 is 16.0 Å². The summed E-state index contributed by atoms with van der Waals surface area (Å²) in [6.07, 6.45) is 3.09. The van der Waals surface area contributed by atoms with Crippen LogP contribution in [0.2, 0.25) is 0 Å². The largest absolute Gasteiger partial charge is 0.478 e. The number of aromatic carboxylic acids is 1. The van der Waals surface area contributed by atoms with Crippen molar-refractivity contribution in [2.45, 2.75) is 25.3 Å². The molecule has 0 saturated heterocycles. The van der Waals surface area contributed by atoms with Gasteiger partial charge in [0.25, 0.3) is 0 Å². The van der Waals surface area contributed by atoms with Crippen molar-refractivity contribution < 1.29 is 18.3 Å². The molecule has 0 saturated carbocycles. The highest BCUT2D eigenvalue weighted by molar-refractivity contribution is 7.89. The first-order valence-corrected chi connectivity index (χ1v) is 7.61. The highest BCUT2D eigenvalue weighted by Gasteiger charge is 2.20. The van der Waals surface area contributed by atoms with Crippen molar-refractivity contribution in [1.82, 2.24) is 14.9 Å². The molecule has 0 aliphatic heterocycles. The molecule has 21 heavy (non-hydrogen) atoms. The Balaban J connectivity index is 2.37. The van der Waals surface area contributed by atoms with E-state index in [1.165, 1.54) is 18.3 Å². The number of carboxylic acid groups (broad SMARTS) is 1. The average Bonchev–Trinajstić information content (AvgIpc) is 2.92. The van der Waals surface area contributed by atoms with Crippen LogP contribution in [0.3, 0.4) is 0 Å². The number of H-pyrrole nitrogens is 1. The lowest BCUT2D eigenvalue weighted by Crippen LogP contribution is -2.24. The van der Waals surface area contributed by atoms with E-state index in [1.54, 1.807) is 20.0 Å². The maximum atomic E-state index is 12.3. The molecule has 3 N–H and O–H groups in total. The second kappa shape index (κ2) is 5.66. The standard InChI is InChI=1S/C13H15N3O4S/c1-8-3-11(13(17)18)4-12(9(8)2)21(19,20)16-7-10-5-14-15-6-10/h3-6,16H,7H2,1-2H3,(H,14,15)(H,17,18). The number of aromatic amines is 1.